The number of aliphatic hydroxyl groups is 1. The molecule has 0 atom stereocenters. The van der Waals surface area contributed by atoms with Crippen LogP contribution >= 0.6 is 0 Å². The second-order valence-electron chi connectivity index (χ2n) is 6.33. The summed E-state index contributed by atoms with van der Waals surface area (Å²) in [5.74, 6) is 0. The summed E-state index contributed by atoms with van der Waals surface area (Å²) in [5, 5.41) is 10.5. The van der Waals surface area contributed by atoms with Gasteiger partial charge in [-0.15, -0.1) is 0 Å². The lowest BCUT2D eigenvalue weighted by molar-refractivity contribution is -0.0689. The van der Waals surface area contributed by atoms with Crippen LogP contribution in [0, 0.1) is 20.8 Å². The Labute approximate surface area is 133 Å². The zero-order valence-electron chi connectivity index (χ0n) is 13.7. The maximum atomic E-state index is 12.9. The lowest BCUT2D eigenvalue weighted by Crippen LogP contribution is -2.47. The van der Waals surface area contributed by atoms with Crippen LogP contribution in [0.4, 0.5) is 0 Å². The standard InChI is InChI=1S/C16H25NO4S/c1-12-9-13(2)15(14(3)10-12)22(19,20)17(4)11-16(18)5-7-21-8-6-16/h9-10,18H,5-8,11H2,1-4H3. The van der Waals surface area contributed by atoms with Crippen molar-refractivity contribution >= 4 is 10.0 Å². The average Bonchev–Trinajstić information content (AvgIpc) is 2.37. The second-order valence-corrected chi connectivity index (χ2v) is 8.31. The summed E-state index contributed by atoms with van der Waals surface area (Å²) in [5.41, 5.74) is 1.51. The Kier molecular flexibility index (Phi) is 4.96. The van der Waals surface area contributed by atoms with Crippen molar-refractivity contribution in [2.75, 3.05) is 26.8 Å². The molecule has 0 unspecified atom stereocenters. The van der Waals surface area contributed by atoms with Crippen LogP contribution in [-0.4, -0.2) is 50.2 Å². The summed E-state index contributed by atoms with van der Waals surface area (Å²) < 4.78 is 32.3. The summed E-state index contributed by atoms with van der Waals surface area (Å²) in [7, 11) is -2.09. The maximum absolute atomic E-state index is 12.9. The molecule has 1 fully saturated rings. The number of hydrogen-bond acceptors (Lipinski definition) is 4. The molecule has 0 aliphatic carbocycles. The van der Waals surface area contributed by atoms with Gasteiger partial charge in [-0.3, -0.25) is 0 Å². The predicted molar refractivity (Wildman–Crippen MR) is 85.5 cm³/mol. The molecule has 0 bridgehead atoms. The quantitative estimate of drug-likeness (QED) is 0.915. The highest BCUT2D eigenvalue weighted by Crippen LogP contribution is 2.28. The Hall–Kier alpha value is -0.950. The average molecular weight is 327 g/mol. The smallest absolute Gasteiger partial charge is 0.243 e. The van der Waals surface area contributed by atoms with E-state index in [0.29, 0.717) is 31.0 Å². The van der Waals surface area contributed by atoms with Crippen molar-refractivity contribution in [2.45, 2.75) is 44.1 Å². The zero-order chi connectivity index (χ0) is 16.5. The molecule has 0 aromatic heterocycles. The molecule has 6 heteroatoms. The summed E-state index contributed by atoms with van der Waals surface area (Å²) in [6, 6.07) is 3.74. The van der Waals surface area contributed by atoms with Gasteiger partial charge in [0.05, 0.1) is 10.5 Å². The fraction of sp³-hybridized carbons (Fsp3) is 0.625. The van der Waals surface area contributed by atoms with Crippen molar-refractivity contribution in [3.8, 4) is 0 Å². The summed E-state index contributed by atoms with van der Waals surface area (Å²) >= 11 is 0. The minimum absolute atomic E-state index is 0.0887. The van der Waals surface area contributed by atoms with Crippen molar-refractivity contribution in [1.82, 2.24) is 4.31 Å². The molecule has 0 spiro atoms. The first-order valence-electron chi connectivity index (χ1n) is 7.50. The van der Waals surface area contributed by atoms with Gasteiger partial charge in [-0.25, -0.2) is 8.42 Å². The van der Waals surface area contributed by atoms with E-state index < -0.39 is 15.6 Å². The first-order chi connectivity index (χ1) is 10.2. The number of benzene rings is 1. The molecule has 5 nitrogen and oxygen atoms in total. The van der Waals surface area contributed by atoms with E-state index in [1.165, 1.54) is 11.4 Å². The van der Waals surface area contributed by atoms with Crippen molar-refractivity contribution in [3.63, 3.8) is 0 Å². The van der Waals surface area contributed by atoms with Crippen LogP contribution in [0.25, 0.3) is 0 Å². The van der Waals surface area contributed by atoms with Crippen molar-refractivity contribution in [3.05, 3.63) is 28.8 Å². The van der Waals surface area contributed by atoms with Crippen LogP contribution in [0.5, 0.6) is 0 Å². The largest absolute Gasteiger partial charge is 0.388 e. The van der Waals surface area contributed by atoms with Gasteiger partial charge in [-0.2, -0.15) is 4.31 Å². The van der Waals surface area contributed by atoms with Crippen LogP contribution in [0.15, 0.2) is 17.0 Å². The second kappa shape index (κ2) is 6.28. The molecular formula is C16H25NO4S. The molecule has 0 saturated carbocycles. The first kappa shape index (κ1) is 17.4. The van der Waals surface area contributed by atoms with Gasteiger partial charge in [0.25, 0.3) is 0 Å². The van der Waals surface area contributed by atoms with Crippen LogP contribution in [0.2, 0.25) is 0 Å². The number of likely N-dealkylation sites (N-methyl/N-ethyl adjacent to an activating group) is 1. The molecule has 1 N–H and O–H groups in total. The molecule has 0 amide bonds. The van der Waals surface area contributed by atoms with E-state index in [2.05, 4.69) is 0 Å². The van der Waals surface area contributed by atoms with Crippen LogP contribution in [0.1, 0.15) is 29.5 Å². The highest BCUT2D eigenvalue weighted by Gasteiger charge is 2.35. The third-order valence-electron chi connectivity index (χ3n) is 4.21. The van der Waals surface area contributed by atoms with Crippen LogP contribution < -0.4 is 0 Å². The van der Waals surface area contributed by atoms with Gasteiger partial charge in [-0.05, 0) is 31.9 Å². The zero-order valence-corrected chi connectivity index (χ0v) is 14.5. The van der Waals surface area contributed by atoms with E-state index in [1.54, 1.807) is 0 Å². The van der Waals surface area contributed by atoms with Gasteiger partial charge in [-0.1, -0.05) is 17.7 Å². The Balaban J connectivity index is 2.30. The Morgan fingerprint density at radius 3 is 2.18 bits per heavy atom. The van der Waals surface area contributed by atoms with Gasteiger partial charge in [0, 0.05) is 39.6 Å². The monoisotopic (exact) mass is 327 g/mol. The minimum atomic E-state index is -3.62. The van der Waals surface area contributed by atoms with Gasteiger partial charge < -0.3 is 9.84 Å². The summed E-state index contributed by atoms with van der Waals surface area (Å²) in [6.45, 7) is 6.59. The molecule has 1 heterocycles. The summed E-state index contributed by atoms with van der Waals surface area (Å²) in [4.78, 5) is 0.344. The van der Waals surface area contributed by atoms with Crippen molar-refractivity contribution in [2.24, 2.45) is 0 Å². The Morgan fingerprint density at radius 1 is 1.18 bits per heavy atom. The van der Waals surface area contributed by atoms with E-state index in [4.69, 9.17) is 4.74 Å². The lowest BCUT2D eigenvalue weighted by atomic mass is 9.95. The Bertz CT molecular complexity index is 625. The van der Waals surface area contributed by atoms with Crippen molar-refractivity contribution in [1.29, 1.82) is 0 Å². The van der Waals surface area contributed by atoms with Gasteiger partial charge in [0.2, 0.25) is 10.0 Å². The number of rotatable bonds is 4. The highest BCUT2D eigenvalue weighted by molar-refractivity contribution is 7.89. The lowest BCUT2D eigenvalue weighted by Gasteiger charge is -2.35. The van der Waals surface area contributed by atoms with Crippen LogP contribution in [-0.2, 0) is 14.8 Å². The molecular weight excluding hydrogens is 302 g/mol. The fourth-order valence-electron chi connectivity index (χ4n) is 3.14. The van der Waals surface area contributed by atoms with Gasteiger partial charge in [0.15, 0.2) is 0 Å². The van der Waals surface area contributed by atoms with Crippen molar-refractivity contribution < 1.29 is 18.3 Å². The number of ether oxygens (including phenoxy) is 1. The molecule has 1 aromatic carbocycles. The number of nitrogens with zero attached hydrogens (tertiary/aromatic N) is 1. The normalized spacial score (nSPS) is 18.6. The Morgan fingerprint density at radius 2 is 1.68 bits per heavy atom. The minimum Gasteiger partial charge on any atom is -0.388 e. The highest BCUT2D eigenvalue weighted by atomic mass is 32.2. The maximum Gasteiger partial charge on any atom is 0.243 e. The molecule has 1 aliphatic rings. The molecule has 124 valence electrons. The summed E-state index contributed by atoms with van der Waals surface area (Å²) in [6.07, 6.45) is 0.914. The van der Waals surface area contributed by atoms with E-state index in [9.17, 15) is 13.5 Å². The molecule has 1 saturated heterocycles. The number of aryl methyl sites for hydroxylation is 3. The fourth-order valence-corrected chi connectivity index (χ4v) is 4.79. The van der Waals surface area contributed by atoms with Crippen LogP contribution in [0.3, 0.4) is 0 Å². The number of hydrogen-bond donors (Lipinski definition) is 1. The molecule has 1 aromatic rings. The molecule has 2 rings (SSSR count). The van der Waals surface area contributed by atoms with Gasteiger partial charge >= 0.3 is 0 Å². The van der Waals surface area contributed by atoms with E-state index in [0.717, 1.165) is 16.7 Å². The topological polar surface area (TPSA) is 66.8 Å². The van der Waals surface area contributed by atoms with E-state index in [-0.39, 0.29) is 6.54 Å². The number of sulfonamides is 1. The predicted octanol–water partition coefficient (Wildman–Crippen LogP) is 1.77. The SMILES string of the molecule is Cc1cc(C)c(S(=O)(=O)N(C)CC2(O)CCOCC2)c(C)c1. The molecule has 22 heavy (non-hydrogen) atoms. The third kappa shape index (κ3) is 3.51. The third-order valence-corrected chi connectivity index (χ3v) is 6.32. The van der Waals surface area contributed by atoms with E-state index >= 15 is 0 Å². The molecule has 1 aliphatic heterocycles. The molecule has 0 radical (unpaired) electrons. The van der Waals surface area contributed by atoms with E-state index in [1.807, 2.05) is 32.9 Å². The van der Waals surface area contributed by atoms with Gasteiger partial charge in [0.1, 0.15) is 0 Å². The first-order valence-corrected chi connectivity index (χ1v) is 8.94.